The molecule has 2 N–H and O–H groups in total. The molecule has 0 aliphatic rings. The molecule has 0 aliphatic carbocycles. The summed E-state index contributed by atoms with van der Waals surface area (Å²) >= 11 is 0. The topological polar surface area (TPSA) is 78.1 Å². The Morgan fingerprint density at radius 2 is 2.04 bits per heavy atom. The van der Waals surface area contributed by atoms with Gasteiger partial charge < -0.3 is 10.2 Å². The Morgan fingerprint density at radius 3 is 2.62 bits per heavy atom. The van der Waals surface area contributed by atoms with E-state index in [-0.39, 0.29) is 17.7 Å². The van der Waals surface area contributed by atoms with Gasteiger partial charge in [0.25, 0.3) is 5.91 Å². The summed E-state index contributed by atoms with van der Waals surface area (Å²) < 4.78 is 0. The van der Waals surface area contributed by atoms with E-state index in [9.17, 15) is 9.59 Å². The number of hydrogen-bond acceptors (Lipinski definition) is 3. The van der Waals surface area contributed by atoms with Crippen LogP contribution in [0.5, 0.6) is 0 Å². The molecule has 0 bridgehead atoms. The van der Waals surface area contributed by atoms with Crippen LogP contribution < -0.4 is 5.32 Å². The van der Waals surface area contributed by atoms with Crippen LogP contribution in [-0.2, 0) is 11.3 Å². The molecule has 2 rings (SSSR count). The fourth-order valence-electron chi connectivity index (χ4n) is 2.36. The molecule has 0 aliphatic heterocycles. The number of benzene rings is 1. The molecule has 2 amide bonds. The average Bonchev–Trinajstić information content (AvgIpc) is 3.03. The number of aromatic amines is 1. The summed E-state index contributed by atoms with van der Waals surface area (Å²) in [4.78, 5) is 25.6. The van der Waals surface area contributed by atoms with E-state index in [1.807, 2.05) is 45.0 Å². The van der Waals surface area contributed by atoms with Crippen molar-refractivity contribution in [1.29, 1.82) is 0 Å². The lowest BCUT2D eigenvalue weighted by Crippen LogP contribution is -2.27. The number of nitrogens with zero attached hydrogens (tertiary/aromatic N) is 2. The van der Waals surface area contributed by atoms with Gasteiger partial charge in [-0.25, -0.2) is 0 Å². The Bertz CT molecular complexity index is 721. The van der Waals surface area contributed by atoms with Gasteiger partial charge in [0.05, 0.1) is 0 Å². The minimum Gasteiger partial charge on any atom is -0.339 e. The molecule has 24 heavy (non-hydrogen) atoms. The number of hydrogen-bond donors (Lipinski definition) is 2. The van der Waals surface area contributed by atoms with Gasteiger partial charge in [0.15, 0.2) is 5.69 Å². The summed E-state index contributed by atoms with van der Waals surface area (Å²) in [6.07, 6.45) is 0. The van der Waals surface area contributed by atoms with Crippen molar-refractivity contribution in [3.63, 3.8) is 0 Å². The van der Waals surface area contributed by atoms with Gasteiger partial charge in [0.2, 0.25) is 5.91 Å². The number of H-pyrrole nitrogens is 1. The summed E-state index contributed by atoms with van der Waals surface area (Å²) in [7, 11) is 0. The number of amides is 2. The van der Waals surface area contributed by atoms with E-state index in [1.54, 1.807) is 17.9 Å². The zero-order valence-corrected chi connectivity index (χ0v) is 14.6. The fraction of sp³-hybridized carbons (Fsp3) is 0.389. The molecule has 1 aromatic heterocycles. The highest BCUT2D eigenvalue weighted by Crippen LogP contribution is 2.16. The molecule has 1 aromatic carbocycles. The van der Waals surface area contributed by atoms with Crippen molar-refractivity contribution in [3.8, 4) is 0 Å². The molecule has 6 heteroatoms. The standard InChI is InChI=1S/C18H24N4O2/c1-5-22(13(4)23)11-14-7-6-8-15(9-14)19-18(24)17-10-16(12(2)3)20-21-17/h6-10,12H,5,11H2,1-4H3,(H,19,24)(H,20,21). The van der Waals surface area contributed by atoms with Gasteiger partial charge in [-0.2, -0.15) is 5.10 Å². The Kier molecular flexibility index (Phi) is 5.73. The first-order valence-electron chi connectivity index (χ1n) is 8.11. The monoisotopic (exact) mass is 328 g/mol. The predicted octanol–water partition coefficient (Wildman–Crippen LogP) is 3.15. The molecule has 0 saturated carbocycles. The first kappa shape index (κ1) is 17.7. The van der Waals surface area contributed by atoms with Crippen LogP contribution in [0.1, 0.15) is 55.4 Å². The number of carbonyl (C=O) groups excluding carboxylic acids is 2. The van der Waals surface area contributed by atoms with Crippen LogP contribution in [0.25, 0.3) is 0 Å². The molecular formula is C18H24N4O2. The molecule has 0 saturated heterocycles. The van der Waals surface area contributed by atoms with E-state index in [1.165, 1.54) is 0 Å². The van der Waals surface area contributed by atoms with Crippen LogP contribution in [0.2, 0.25) is 0 Å². The highest BCUT2D eigenvalue weighted by atomic mass is 16.2. The Balaban J connectivity index is 2.08. The zero-order chi connectivity index (χ0) is 17.7. The van der Waals surface area contributed by atoms with Gasteiger partial charge in [-0.1, -0.05) is 26.0 Å². The van der Waals surface area contributed by atoms with Crippen molar-refractivity contribution in [2.75, 3.05) is 11.9 Å². The predicted molar refractivity (Wildman–Crippen MR) is 93.8 cm³/mol. The normalized spacial score (nSPS) is 10.7. The molecule has 2 aromatic rings. The molecule has 6 nitrogen and oxygen atoms in total. The summed E-state index contributed by atoms with van der Waals surface area (Å²) in [5, 5.41) is 9.77. The van der Waals surface area contributed by atoms with Crippen LogP contribution in [0.4, 0.5) is 5.69 Å². The first-order valence-corrected chi connectivity index (χ1v) is 8.11. The maximum Gasteiger partial charge on any atom is 0.276 e. The highest BCUT2D eigenvalue weighted by Gasteiger charge is 2.13. The quantitative estimate of drug-likeness (QED) is 0.855. The van der Waals surface area contributed by atoms with Gasteiger partial charge >= 0.3 is 0 Å². The van der Waals surface area contributed by atoms with Crippen LogP contribution in [-0.4, -0.2) is 33.5 Å². The lowest BCUT2D eigenvalue weighted by Gasteiger charge is -2.19. The SMILES string of the molecule is CCN(Cc1cccc(NC(=O)c2cc(C(C)C)[nH]n2)c1)C(C)=O. The van der Waals surface area contributed by atoms with E-state index in [4.69, 9.17) is 0 Å². The highest BCUT2D eigenvalue weighted by molar-refractivity contribution is 6.02. The van der Waals surface area contributed by atoms with Crippen molar-refractivity contribution in [2.24, 2.45) is 0 Å². The van der Waals surface area contributed by atoms with Crippen LogP contribution in [0, 0.1) is 0 Å². The van der Waals surface area contributed by atoms with Crippen molar-refractivity contribution in [3.05, 3.63) is 47.3 Å². The smallest absolute Gasteiger partial charge is 0.276 e. The van der Waals surface area contributed by atoms with E-state index >= 15 is 0 Å². The lowest BCUT2D eigenvalue weighted by molar-refractivity contribution is -0.129. The van der Waals surface area contributed by atoms with Crippen LogP contribution >= 0.6 is 0 Å². The fourth-order valence-corrected chi connectivity index (χ4v) is 2.36. The largest absolute Gasteiger partial charge is 0.339 e. The third kappa shape index (κ3) is 4.44. The maximum atomic E-state index is 12.3. The second-order valence-electron chi connectivity index (χ2n) is 6.05. The summed E-state index contributed by atoms with van der Waals surface area (Å²) in [6.45, 7) is 8.74. The molecule has 0 spiro atoms. The zero-order valence-electron chi connectivity index (χ0n) is 14.6. The minimum atomic E-state index is -0.255. The third-order valence-electron chi connectivity index (χ3n) is 3.84. The lowest BCUT2D eigenvalue weighted by atomic mass is 10.1. The summed E-state index contributed by atoms with van der Waals surface area (Å²) in [6, 6.07) is 9.26. The van der Waals surface area contributed by atoms with Gasteiger partial charge in [0, 0.05) is 31.4 Å². The number of anilines is 1. The van der Waals surface area contributed by atoms with Gasteiger partial charge in [-0.15, -0.1) is 0 Å². The average molecular weight is 328 g/mol. The maximum absolute atomic E-state index is 12.3. The number of carbonyl (C=O) groups is 2. The van der Waals surface area contributed by atoms with Crippen molar-refractivity contribution in [2.45, 2.75) is 40.2 Å². The van der Waals surface area contributed by atoms with E-state index in [0.717, 1.165) is 11.3 Å². The van der Waals surface area contributed by atoms with Gasteiger partial charge in [0.1, 0.15) is 0 Å². The Hall–Kier alpha value is -2.63. The molecule has 0 fully saturated rings. The molecule has 1 heterocycles. The summed E-state index contributed by atoms with van der Waals surface area (Å²) in [5.41, 5.74) is 2.94. The number of aromatic nitrogens is 2. The minimum absolute atomic E-state index is 0.0321. The molecular weight excluding hydrogens is 304 g/mol. The van der Waals surface area contributed by atoms with Gasteiger partial charge in [-0.3, -0.25) is 14.7 Å². The van der Waals surface area contributed by atoms with Crippen LogP contribution in [0.3, 0.4) is 0 Å². The molecule has 0 radical (unpaired) electrons. The molecule has 128 valence electrons. The van der Waals surface area contributed by atoms with E-state index < -0.39 is 0 Å². The second kappa shape index (κ2) is 7.77. The summed E-state index contributed by atoms with van der Waals surface area (Å²) in [5.74, 6) is 0.0628. The third-order valence-corrected chi connectivity index (χ3v) is 3.84. The van der Waals surface area contributed by atoms with Crippen molar-refractivity contribution >= 4 is 17.5 Å². The van der Waals surface area contributed by atoms with E-state index in [2.05, 4.69) is 15.5 Å². The molecule has 0 atom stereocenters. The van der Waals surface area contributed by atoms with Crippen LogP contribution in [0.15, 0.2) is 30.3 Å². The Labute approximate surface area is 142 Å². The van der Waals surface area contributed by atoms with Gasteiger partial charge in [-0.05, 0) is 36.6 Å². The first-order chi connectivity index (χ1) is 11.4. The Morgan fingerprint density at radius 1 is 1.29 bits per heavy atom. The molecule has 0 unspecified atom stereocenters. The second-order valence-corrected chi connectivity index (χ2v) is 6.05. The van der Waals surface area contributed by atoms with E-state index in [0.29, 0.717) is 24.5 Å². The number of nitrogens with one attached hydrogen (secondary N) is 2. The van der Waals surface area contributed by atoms with Crippen molar-refractivity contribution < 1.29 is 9.59 Å². The number of rotatable bonds is 6. The van der Waals surface area contributed by atoms with Crippen molar-refractivity contribution in [1.82, 2.24) is 15.1 Å².